The van der Waals surface area contributed by atoms with Crippen molar-refractivity contribution in [2.45, 2.75) is 49.6 Å². The molecule has 11 heteroatoms. The second kappa shape index (κ2) is 10.6. The molecule has 40 heavy (non-hydrogen) atoms. The molecular formula is C29H29ClFN5O3S. The van der Waals surface area contributed by atoms with Crippen LogP contribution in [0.1, 0.15) is 42.1 Å². The minimum Gasteiger partial charge on any atom is -0.388 e. The Kier molecular flexibility index (Phi) is 7.12. The molecule has 1 atom stereocenters. The SMILES string of the molecule is Cc1c(NS(=O)(=O)c2cc(Cl)cc3c2CC[C@H]3O)ccc(F)c1-c1ccc2nc(NC3CCNCC3)ncc2c1. The predicted octanol–water partition coefficient (Wildman–Crippen LogP) is 5.34. The summed E-state index contributed by atoms with van der Waals surface area (Å²) >= 11 is 6.20. The molecule has 0 radical (unpaired) electrons. The number of fused-ring (bicyclic) bond motifs is 2. The second-order valence-electron chi connectivity index (χ2n) is 10.4. The van der Waals surface area contributed by atoms with Crippen LogP contribution < -0.4 is 15.4 Å². The molecule has 1 aliphatic heterocycles. The molecule has 208 valence electrons. The largest absolute Gasteiger partial charge is 0.388 e. The van der Waals surface area contributed by atoms with Crippen molar-refractivity contribution in [2.75, 3.05) is 23.1 Å². The Labute approximate surface area is 237 Å². The van der Waals surface area contributed by atoms with E-state index in [2.05, 4.69) is 25.3 Å². The molecule has 8 nitrogen and oxygen atoms in total. The highest BCUT2D eigenvalue weighted by atomic mass is 35.5. The maximum atomic E-state index is 15.2. The predicted molar refractivity (Wildman–Crippen MR) is 155 cm³/mol. The normalized spacial score (nSPS) is 17.6. The number of aliphatic hydroxyl groups is 1. The lowest BCUT2D eigenvalue weighted by atomic mass is 9.97. The van der Waals surface area contributed by atoms with Crippen LogP contribution in [0.15, 0.2) is 53.6 Å². The van der Waals surface area contributed by atoms with Crippen molar-refractivity contribution >= 4 is 44.2 Å². The van der Waals surface area contributed by atoms with E-state index < -0.39 is 21.9 Å². The van der Waals surface area contributed by atoms with Gasteiger partial charge in [-0.15, -0.1) is 0 Å². The third kappa shape index (κ3) is 5.12. The van der Waals surface area contributed by atoms with Gasteiger partial charge in [-0.2, -0.15) is 0 Å². The van der Waals surface area contributed by atoms with E-state index in [0.29, 0.717) is 47.1 Å². The molecule has 2 aliphatic rings. The molecule has 0 saturated carbocycles. The number of aliphatic hydroxyl groups excluding tert-OH is 1. The highest BCUT2D eigenvalue weighted by Crippen LogP contribution is 2.39. The molecule has 0 spiro atoms. The van der Waals surface area contributed by atoms with Crippen LogP contribution in [0.25, 0.3) is 22.0 Å². The monoisotopic (exact) mass is 581 g/mol. The number of sulfonamides is 1. The van der Waals surface area contributed by atoms with Gasteiger partial charge in [-0.25, -0.2) is 22.8 Å². The van der Waals surface area contributed by atoms with Crippen LogP contribution in [-0.2, 0) is 16.4 Å². The van der Waals surface area contributed by atoms with Gasteiger partial charge in [0.15, 0.2) is 0 Å². The number of nitrogens with one attached hydrogen (secondary N) is 3. The number of rotatable bonds is 6. The summed E-state index contributed by atoms with van der Waals surface area (Å²) < 4.78 is 44.8. The number of nitrogens with zero attached hydrogens (tertiary/aromatic N) is 2. The zero-order chi connectivity index (χ0) is 28.0. The molecule has 4 N–H and O–H groups in total. The zero-order valence-electron chi connectivity index (χ0n) is 21.8. The average Bonchev–Trinajstić information content (AvgIpc) is 3.30. The van der Waals surface area contributed by atoms with Gasteiger partial charge in [-0.3, -0.25) is 4.72 Å². The average molecular weight is 582 g/mol. The van der Waals surface area contributed by atoms with Gasteiger partial charge in [0, 0.05) is 28.2 Å². The van der Waals surface area contributed by atoms with Gasteiger partial charge in [-0.05, 0) is 104 Å². The zero-order valence-corrected chi connectivity index (χ0v) is 23.4. The lowest BCUT2D eigenvalue weighted by Crippen LogP contribution is -2.35. The maximum absolute atomic E-state index is 15.2. The van der Waals surface area contributed by atoms with E-state index in [1.807, 2.05) is 6.07 Å². The molecule has 0 amide bonds. The van der Waals surface area contributed by atoms with Crippen molar-refractivity contribution < 1.29 is 17.9 Å². The number of hydrogen-bond acceptors (Lipinski definition) is 7. The van der Waals surface area contributed by atoms with Crippen molar-refractivity contribution in [1.29, 1.82) is 0 Å². The molecule has 1 saturated heterocycles. The third-order valence-electron chi connectivity index (χ3n) is 7.72. The first-order chi connectivity index (χ1) is 19.2. The van der Waals surface area contributed by atoms with E-state index in [9.17, 15) is 13.5 Å². The summed E-state index contributed by atoms with van der Waals surface area (Å²) in [6.07, 6.45) is 3.81. The lowest BCUT2D eigenvalue weighted by Gasteiger charge is -2.23. The molecule has 1 aromatic heterocycles. The molecule has 2 heterocycles. The molecule has 1 fully saturated rings. The van der Waals surface area contributed by atoms with E-state index in [1.54, 1.807) is 31.3 Å². The number of anilines is 2. The number of aromatic nitrogens is 2. The fourth-order valence-electron chi connectivity index (χ4n) is 5.62. The highest BCUT2D eigenvalue weighted by molar-refractivity contribution is 7.92. The van der Waals surface area contributed by atoms with Crippen LogP contribution >= 0.6 is 11.6 Å². The Morgan fingerprint density at radius 1 is 1.10 bits per heavy atom. The Bertz CT molecular complexity index is 1730. The quantitative estimate of drug-likeness (QED) is 0.243. The van der Waals surface area contributed by atoms with Crippen molar-refractivity contribution in [3.8, 4) is 11.1 Å². The molecular weight excluding hydrogens is 553 g/mol. The first-order valence-corrected chi connectivity index (χ1v) is 15.1. The second-order valence-corrected chi connectivity index (χ2v) is 12.4. The fraction of sp³-hybridized carbons (Fsp3) is 0.310. The van der Waals surface area contributed by atoms with Crippen molar-refractivity contribution in [2.24, 2.45) is 0 Å². The Morgan fingerprint density at radius 3 is 2.70 bits per heavy atom. The van der Waals surface area contributed by atoms with Crippen molar-refractivity contribution in [1.82, 2.24) is 15.3 Å². The smallest absolute Gasteiger partial charge is 0.262 e. The van der Waals surface area contributed by atoms with Gasteiger partial charge in [0.05, 0.1) is 22.2 Å². The number of hydrogen-bond donors (Lipinski definition) is 4. The highest BCUT2D eigenvalue weighted by Gasteiger charge is 2.30. The van der Waals surface area contributed by atoms with Crippen LogP contribution in [0.4, 0.5) is 16.0 Å². The van der Waals surface area contributed by atoms with Crippen molar-refractivity contribution in [3.05, 3.63) is 76.2 Å². The standard InChI is InChI=1S/C29H29ClFN5O3S/c1-16-24(36-40(38,39)27-14-19(30)13-22-21(27)3-7-26(22)37)6-4-23(31)28(16)17-2-5-25-18(12-17)15-33-29(35-25)34-20-8-10-32-11-9-20/h2,4-6,12-15,20,26,32,36-37H,3,7-11H2,1H3,(H,33,34,35)/t26-/m1/s1. The molecule has 0 unspecified atom stereocenters. The van der Waals surface area contributed by atoms with Crippen LogP contribution in [0.3, 0.4) is 0 Å². The third-order valence-corrected chi connectivity index (χ3v) is 9.37. The van der Waals surface area contributed by atoms with E-state index in [0.717, 1.165) is 36.8 Å². The van der Waals surface area contributed by atoms with Gasteiger partial charge in [0.1, 0.15) is 5.82 Å². The summed E-state index contributed by atoms with van der Waals surface area (Å²) in [5.41, 5.74) is 3.35. The molecule has 1 aliphatic carbocycles. The van der Waals surface area contributed by atoms with Gasteiger partial charge in [-0.1, -0.05) is 17.7 Å². The Hall–Kier alpha value is -3.31. The topological polar surface area (TPSA) is 116 Å². The fourth-order valence-corrected chi connectivity index (χ4v) is 7.36. The first kappa shape index (κ1) is 26.9. The molecule has 6 rings (SSSR count). The van der Waals surface area contributed by atoms with E-state index in [1.165, 1.54) is 18.2 Å². The summed E-state index contributed by atoms with van der Waals surface area (Å²) in [5.74, 6) is 0.0858. The van der Waals surface area contributed by atoms with Gasteiger partial charge >= 0.3 is 0 Å². The van der Waals surface area contributed by atoms with Crippen molar-refractivity contribution in [3.63, 3.8) is 0 Å². The number of piperidine rings is 1. The molecule has 3 aromatic carbocycles. The minimum absolute atomic E-state index is 0.0218. The number of benzene rings is 3. The van der Waals surface area contributed by atoms with Crippen LogP contribution in [0.5, 0.6) is 0 Å². The lowest BCUT2D eigenvalue weighted by molar-refractivity contribution is 0.180. The van der Waals surface area contributed by atoms with E-state index in [-0.39, 0.29) is 21.2 Å². The summed E-state index contributed by atoms with van der Waals surface area (Å²) in [7, 11) is -4.07. The van der Waals surface area contributed by atoms with E-state index in [4.69, 9.17) is 11.6 Å². The Balaban J connectivity index is 1.31. The van der Waals surface area contributed by atoms with Gasteiger partial charge < -0.3 is 15.7 Å². The summed E-state index contributed by atoms with van der Waals surface area (Å²) in [5, 5.41) is 18.0. The summed E-state index contributed by atoms with van der Waals surface area (Å²) in [4.78, 5) is 9.12. The first-order valence-electron chi connectivity index (χ1n) is 13.3. The van der Waals surface area contributed by atoms with Crippen LogP contribution in [0, 0.1) is 12.7 Å². The number of halogens is 2. The summed E-state index contributed by atoms with van der Waals surface area (Å²) in [6, 6.07) is 11.4. The maximum Gasteiger partial charge on any atom is 0.262 e. The van der Waals surface area contributed by atoms with Crippen LogP contribution in [-0.4, -0.2) is 42.6 Å². The van der Waals surface area contributed by atoms with Gasteiger partial charge in [0.25, 0.3) is 10.0 Å². The van der Waals surface area contributed by atoms with Crippen LogP contribution in [0.2, 0.25) is 5.02 Å². The van der Waals surface area contributed by atoms with Gasteiger partial charge in [0.2, 0.25) is 5.95 Å². The molecule has 4 aromatic rings. The van der Waals surface area contributed by atoms with E-state index >= 15 is 4.39 Å². The Morgan fingerprint density at radius 2 is 1.90 bits per heavy atom. The summed E-state index contributed by atoms with van der Waals surface area (Å²) in [6.45, 7) is 3.59. The molecule has 0 bridgehead atoms. The minimum atomic E-state index is -4.07.